The van der Waals surface area contributed by atoms with Crippen LogP contribution in [0.5, 0.6) is 11.5 Å². The summed E-state index contributed by atoms with van der Waals surface area (Å²) in [6.45, 7) is 3.69. The van der Waals surface area contributed by atoms with E-state index < -0.39 is 16.0 Å². The maximum Gasteiger partial charge on any atom is 0.339 e. The van der Waals surface area contributed by atoms with Gasteiger partial charge in [0, 0.05) is 0 Å². The number of aryl methyl sites for hydroxylation is 1. The Labute approximate surface area is 223 Å². The Morgan fingerprint density at radius 2 is 1.78 bits per heavy atom. The average molecular weight is 566 g/mol. The van der Waals surface area contributed by atoms with Crippen molar-refractivity contribution in [3.05, 3.63) is 86.4 Å². The third kappa shape index (κ3) is 6.50. The van der Waals surface area contributed by atoms with Crippen molar-refractivity contribution in [1.29, 1.82) is 5.26 Å². The van der Waals surface area contributed by atoms with Crippen molar-refractivity contribution >= 4 is 62.6 Å². The lowest BCUT2D eigenvalue weighted by atomic mass is 10.1. The number of nitriles is 1. The van der Waals surface area contributed by atoms with Gasteiger partial charge in [-0.1, -0.05) is 58.6 Å². The molecule has 0 aliphatic heterocycles. The number of amides is 1. The molecule has 3 aromatic carbocycles. The lowest BCUT2D eigenvalue weighted by Gasteiger charge is -2.14. The van der Waals surface area contributed by atoms with Gasteiger partial charge in [0.05, 0.1) is 27.4 Å². The van der Waals surface area contributed by atoms with Crippen LogP contribution in [0.1, 0.15) is 18.1 Å². The molecule has 0 aliphatic carbocycles. The van der Waals surface area contributed by atoms with E-state index in [0.717, 1.165) is 5.56 Å². The van der Waals surface area contributed by atoms with Crippen LogP contribution in [0.2, 0.25) is 15.1 Å². The van der Waals surface area contributed by atoms with Crippen LogP contribution in [0.25, 0.3) is 6.08 Å². The third-order valence-corrected chi connectivity index (χ3v) is 7.05. The second-order valence-corrected chi connectivity index (χ2v) is 10.1. The molecule has 0 unspecified atom stereocenters. The van der Waals surface area contributed by atoms with Crippen molar-refractivity contribution in [2.75, 3.05) is 11.9 Å². The fourth-order valence-corrected chi connectivity index (χ4v) is 4.59. The minimum Gasteiger partial charge on any atom is -0.490 e. The standard InChI is InChI=1S/C25H19Cl3N2O5S/c1-3-34-22-13-16(11-17(14-29)25(31)30-21-6-4-5-19(26)23(21)28)12-20(27)24(22)35-36(32,33)18-9-7-15(2)8-10-18/h4-13H,3H2,1-2H3,(H,30,31)/b17-11+. The number of carbonyl (C=O) groups excluding carboxylic acids is 1. The van der Waals surface area contributed by atoms with Crippen LogP contribution in [0.4, 0.5) is 5.69 Å². The zero-order chi connectivity index (χ0) is 26.5. The molecule has 1 amide bonds. The minimum atomic E-state index is -4.21. The zero-order valence-electron chi connectivity index (χ0n) is 19.0. The Hall–Kier alpha value is -3.22. The van der Waals surface area contributed by atoms with Gasteiger partial charge in [-0.05, 0) is 61.9 Å². The van der Waals surface area contributed by atoms with Crippen LogP contribution in [0.15, 0.2) is 65.1 Å². The summed E-state index contributed by atoms with van der Waals surface area (Å²) in [7, 11) is -4.21. The van der Waals surface area contributed by atoms with E-state index in [-0.39, 0.29) is 49.3 Å². The van der Waals surface area contributed by atoms with E-state index in [1.807, 2.05) is 13.0 Å². The van der Waals surface area contributed by atoms with E-state index in [0.29, 0.717) is 5.56 Å². The molecule has 0 saturated carbocycles. The van der Waals surface area contributed by atoms with E-state index >= 15 is 0 Å². The number of nitrogens with zero attached hydrogens (tertiary/aromatic N) is 1. The Bertz CT molecular complexity index is 1480. The molecule has 11 heteroatoms. The zero-order valence-corrected chi connectivity index (χ0v) is 22.1. The van der Waals surface area contributed by atoms with Crippen molar-refractivity contribution in [1.82, 2.24) is 0 Å². The fourth-order valence-electron chi connectivity index (χ4n) is 2.98. The monoisotopic (exact) mass is 564 g/mol. The highest BCUT2D eigenvalue weighted by molar-refractivity contribution is 7.87. The quantitative estimate of drug-likeness (QED) is 0.186. The molecular weight excluding hydrogens is 547 g/mol. The van der Waals surface area contributed by atoms with Gasteiger partial charge in [0.15, 0.2) is 5.75 Å². The van der Waals surface area contributed by atoms with Crippen LogP contribution < -0.4 is 14.2 Å². The predicted molar refractivity (Wildman–Crippen MR) is 140 cm³/mol. The normalized spacial score (nSPS) is 11.5. The molecule has 0 heterocycles. The van der Waals surface area contributed by atoms with E-state index in [1.165, 1.54) is 36.4 Å². The molecule has 0 bridgehead atoms. The molecule has 36 heavy (non-hydrogen) atoms. The Morgan fingerprint density at radius 1 is 1.08 bits per heavy atom. The van der Waals surface area contributed by atoms with Crippen LogP contribution in [0, 0.1) is 18.3 Å². The van der Waals surface area contributed by atoms with E-state index in [2.05, 4.69) is 5.32 Å². The molecule has 0 aliphatic rings. The van der Waals surface area contributed by atoms with Gasteiger partial charge in [0.25, 0.3) is 5.91 Å². The molecule has 0 spiro atoms. The number of rotatable bonds is 8. The second kappa shape index (κ2) is 11.7. The summed E-state index contributed by atoms with van der Waals surface area (Å²) in [5, 5.41) is 12.3. The summed E-state index contributed by atoms with van der Waals surface area (Å²) in [6, 6.07) is 15.4. The SMILES string of the molecule is CCOc1cc(/C=C(\C#N)C(=O)Nc2cccc(Cl)c2Cl)cc(Cl)c1OS(=O)(=O)c1ccc(C)cc1. The van der Waals surface area contributed by atoms with Crippen LogP contribution >= 0.6 is 34.8 Å². The highest BCUT2D eigenvalue weighted by atomic mass is 35.5. The van der Waals surface area contributed by atoms with Crippen LogP contribution in [-0.4, -0.2) is 20.9 Å². The number of hydrogen-bond acceptors (Lipinski definition) is 6. The van der Waals surface area contributed by atoms with E-state index in [4.69, 9.17) is 43.7 Å². The van der Waals surface area contributed by atoms with Gasteiger partial charge in [-0.25, -0.2) is 0 Å². The van der Waals surface area contributed by atoms with Gasteiger partial charge in [0.1, 0.15) is 16.5 Å². The van der Waals surface area contributed by atoms with Gasteiger partial charge in [-0.3, -0.25) is 4.79 Å². The molecule has 0 radical (unpaired) electrons. The molecule has 7 nitrogen and oxygen atoms in total. The highest BCUT2D eigenvalue weighted by Crippen LogP contribution is 2.39. The fraction of sp³-hybridized carbons (Fsp3) is 0.120. The molecule has 186 valence electrons. The van der Waals surface area contributed by atoms with Crippen molar-refractivity contribution in [2.45, 2.75) is 18.7 Å². The molecular formula is C25H19Cl3N2O5S. The summed E-state index contributed by atoms with van der Waals surface area (Å²) in [4.78, 5) is 12.6. The number of nitrogens with one attached hydrogen (secondary N) is 1. The maximum absolute atomic E-state index is 12.8. The third-order valence-electron chi connectivity index (χ3n) is 4.71. The van der Waals surface area contributed by atoms with E-state index in [1.54, 1.807) is 31.2 Å². The lowest BCUT2D eigenvalue weighted by molar-refractivity contribution is -0.112. The van der Waals surface area contributed by atoms with Crippen molar-refractivity contribution in [2.24, 2.45) is 0 Å². The lowest BCUT2D eigenvalue weighted by Crippen LogP contribution is -2.14. The Balaban J connectivity index is 1.95. The van der Waals surface area contributed by atoms with Crippen molar-refractivity contribution in [3.63, 3.8) is 0 Å². The highest BCUT2D eigenvalue weighted by Gasteiger charge is 2.23. The Morgan fingerprint density at radius 3 is 2.42 bits per heavy atom. The summed E-state index contributed by atoms with van der Waals surface area (Å²) >= 11 is 18.4. The van der Waals surface area contributed by atoms with Gasteiger partial charge in [-0.2, -0.15) is 13.7 Å². The average Bonchev–Trinajstić information content (AvgIpc) is 2.83. The van der Waals surface area contributed by atoms with Gasteiger partial charge >= 0.3 is 10.1 Å². The first-order valence-electron chi connectivity index (χ1n) is 10.4. The number of hydrogen-bond donors (Lipinski definition) is 1. The van der Waals surface area contributed by atoms with Gasteiger partial charge < -0.3 is 14.2 Å². The predicted octanol–water partition coefficient (Wildman–Crippen LogP) is 6.67. The Kier molecular flexibility index (Phi) is 8.88. The van der Waals surface area contributed by atoms with Crippen molar-refractivity contribution < 1.29 is 22.1 Å². The molecule has 0 saturated heterocycles. The number of halogens is 3. The summed E-state index contributed by atoms with van der Waals surface area (Å²) in [5.41, 5.74) is 1.14. The smallest absolute Gasteiger partial charge is 0.339 e. The topological polar surface area (TPSA) is 105 Å². The summed E-state index contributed by atoms with van der Waals surface area (Å²) in [6.07, 6.45) is 1.26. The van der Waals surface area contributed by atoms with Crippen LogP contribution in [-0.2, 0) is 14.9 Å². The number of benzene rings is 3. The van der Waals surface area contributed by atoms with Gasteiger partial charge in [-0.15, -0.1) is 0 Å². The molecule has 0 atom stereocenters. The number of ether oxygens (including phenoxy) is 1. The van der Waals surface area contributed by atoms with E-state index in [9.17, 15) is 18.5 Å². The van der Waals surface area contributed by atoms with Gasteiger partial charge in [0.2, 0.25) is 5.75 Å². The number of anilines is 1. The first-order chi connectivity index (χ1) is 17.1. The molecule has 3 rings (SSSR count). The molecule has 3 aromatic rings. The molecule has 0 aromatic heterocycles. The second-order valence-electron chi connectivity index (χ2n) is 7.34. The largest absolute Gasteiger partial charge is 0.490 e. The van der Waals surface area contributed by atoms with Crippen LogP contribution in [0.3, 0.4) is 0 Å². The minimum absolute atomic E-state index is 0.0162. The molecule has 1 N–H and O–H groups in total. The maximum atomic E-state index is 12.8. The first-order valence-corrected chi connectivity index (χ1v) is 12.9. The number of carbonyl (C=O) groups is 1. The molecule has 0 fully saturated rings. The summed E-state index contributed by atoms with van der Waals surface area (Å²) in [5.74, 6) is -0.939. The summed E-state index contributed by atoms with van der Waals surface area (Å²) < 4.78 is 36.4. The first kappa shape index (κ1) is 27.4. The van der Waals surface area contributed by atoms with Crippen molar-refractivity contribution in [3.8, 4) is 17.6 Å².